The molecule has 2 aromatic carbocycles. The quantitative estimate of drug-likeness (QED) is 0.518. The van der Waals surface area contributed by atoms with Gasteiger partial charge in [0.05, 0.1) is 0 Å². The molecule has 5 nitrogen and oxygen atoms in total. The molecule has 0 spiro atoms. The minimum atomic E-state index is 0.0289. The van der Waals surface area contributed by atoms with E-state index in [-0.39, 0.29) is 5.91 Å². The molecular weight excluding hydrogens is 362 g/mol. The van der Waals surface area contributed by atoms with Crippen LogP contribution in [0.25, 0.3) is 0 Å². The number of amides is 1. The Labute approximate surface area is 172 Å². The summed E-state index contributed by atoms with van der Waals surface area (Å²) < 4.78 is 5.83. The minimum Gasteiger partial charge on any atom is -0.489 e. The number of nitrogens with zero attached hydrogens (tertiary/aromatic N) is 1. The number of hydrogen-bond donors (Lipinski definition) is 2. The van der Waals surface area contributed by atoms with Gasteiger partial charge >= 0.3 is 0 Å². The average molecular weight is 389 g/mol. The molecule has 1 amide bonds. The maximum atomic E-state index is 11.9. The smallest absolute Gasteiger partial charge is 0.221 e. The van der Waals surface area contributed by atoms with Gasteiger partial charge in [0.2, 0.25) is 5.91 Å². The third-order valence-electron chi connectivity index (χ3n) is 4.52. The second kappa shape index (κ2) is 11.0. The van der Waals surface area contributed by atoms with Crippen LogP contribution < -0.4 is 15.4 Å². The predicted octanol–water partition coefficient (Wildman–Crippen LogP) is 3.77. The summed E-state index contributed by atoms with van der Waals surface area (Å²) in [7, 11) is 0. The molecule has 0 bridgehead atoms. The van der Waals surface area contributed by atoms with Gasteiger partial charge in [-0.15, -0.1) is 0 Å². The van der Waals surface area contributed by atoms with Crippen LogP contribution in [-0.2, 0) is 24.5 Å². The third kappa shape index (κ3) is 7.39. The fourth-order valence-electron chi connectivity index (χ4n) is 2.78. The van der Waals surface area contributed by atoms with Crippen LogP contribution in [-0.4, -0.2) is 17.4 Å². The molecule has 1 aromatic heterocycles. The molecule has 0 aliphatic rings. The molecule has 5 heteroatoms. The second-order valence-corrected chi connectivity index (χ2v) is 6.98. The standard InChI is InChI=1S/C24H27N3O2/c1-19-4-6-21(7-5-19)18-29-23-10-8-20(9-11-23)15-26-14-12-24(28)27-17-22-3-2-13-25-16-22/h2-11,13,16,26H,12,14-15,17-18H2,1H3,(H,27,28). The predicted molar refractivity (Wildman–Crippen MR) is 114 cm³/mol. The number of hydrogen-bond acceptors (Lipinski definition) is 4. The van der Waals surface area contributed by atoms with Crippen molar-refractivity contribution in [3.8, 4) is 5.75 Å². The Balaban J connectivity index is 1.31. The maximum Gasteiger partial charge on any atom is 0.221 e. The minimum absolute atomic E-state index is 0.0289. The van der Waals surface area contributed by atoms with Gasteiger partial charge in [0.25, 0.3) is 0 Å². The maximum absolute atomic E-state index is 11.9. The van der Waals surface area contributed by atoms with Gasteiger partial charge in [0.1, 0.15) is 12.4 Å². The zero-order valence-electron chi connectivity index (χ0n) is 16.7. The molecule has 0 aliphatic carbocycles. The highest BCUT2D eigenvalue weighted by atomic mass is 16.5. The molecule has 29 heavy (non-hydrogen) atoms. The van der Waals surface area contributed by atoms with E-state index in [1.165, 1.54) is 5.56 Å². The van der Waals surface area contributed by atoms with Crippen LogP contribution in [0.4, 0.5) is 0 Å². The molecular formula is C24H27N3O2. The number of aryl methyl sites for hydroxylation is 1. The van der Waals surface area contributed by atoms with Crippen molar-refractivity contribution in [2.24, 2.45) is 0 Å². The Morgan fingerprint density at radius 2 is 1.69 bits per heavy atom. The number of carbonyl (C=O) groups is 1. The summed E-state index contributed by atoms with van der Waals surface area (Å²) in [6, 6.07) is 20.2. The fourth-order valence-corrected chi connectivity index (χ4v) is 2.78. The first-order valence-corrected chi connectivity index (χ1v) is 9.82. The van der Waals surface area contributed by atoms with Gasteiger partial charge in [-0.25, -0.2) is 0 Å². The van der Waals surface area contributed by atoms with Crippen molar-refractivity contribution in [1.82, 2.24) is 15.6 Å². The highest BCUT2D eigenvalue weighted by Crippen LogP contribution is 2.14. The van der Waals surface area contributed by atoms with Crippen molar-refractivity contribution >= 4 is 5.91 Å². The summed E-state index contributed by atoms with van der Waals surface area (Å²) in [4.78, 5) is 15.9. The number of benzene rings is 2. The van der Waals surface area contributed by atoms with Gasteiger partial charge in [0.15, 0.2) is 0 Å². The van der Waals surface area contributed by atoms with Crippen molar-refractivity contribution in [3.63, 3.8) is 0 Å². The van der Waals surface area contributed by atoms with Gasteiger partial charge in [-0.3, -0.25) is 9.78 Å². The SMILES string of the molecule is Cc1ccc(COc2ccc(CNCCC(=O)NCc3cccnc3)cc2)cc1. The summed E-state index contributed by atoms with van der Waals surface area (Å²) in [5.74, 6) is 0.880. The summed E-state index contributed by atoms with van der Waals surface area (Å²) in [6.07, 6.45) is 3.92. The number of nitrogens with one attached hydrogen (secondary N) is 2. The summed E-state index contributed by atoms with van der Waals surface area (Å²) in [5, 5.41) is 6.20. The van der Waals surface area contributed by atoms with E-state index in [2.05, 4.69) is 46.8 Å². The van der Waals surface area contributed by atoms with Crippen LogP contribution in [0.3, 0.4) is 0 Å². The molecule has 0 atom stereocenters. The molecule has 0 saturated carbocycles. The lowest BCUT2D eigenvalue weighted by Gasteiger charge is -2.09. The monoisotopic (exact) mass is 389 g/mol. The molecule has 150 valence electrons. The molecule has 0 saturated heterocycles. The van der Waals surface area contributed by atoms with E-state index in [0.717, 1.165) is 22.4 Å². The first-order valence-electron chi connectivity index (χ1n) is 9.82. The van der Waals surface area contributed by atoms with E-state index in [1.807, 2.05) is 36.4 Å². The zero-order chi connectivity index (χ0) is 20.3. The van der Waals surface area contributed by atoms with E-state index in [1.54, 1.807) is 12.4 Å². The van der Waals surface area contributed by atoms with Crippen LogP contribution in [0, 0.1) is 6.92 Å². The van der Waals surface area contributed by atoms with E-state index in [4.69, 9.17) is 4.74 Å². The van der Waals surface area contributed by atoms with Crippen molar-refractivity contribution in [2.75, 3.05) is 6.54 Å². The van der Waals surface area contributed by atoms with E-state index < -0.39 is 0 Å². The first-order chi connectivity index (χ1) is 14.2. The van der Waals surface area contributed by atoms with Gasteiger partial charge < -0.3 is 15.4 Å². The van der Waals surface area contributed by atoms with Crippen molar-refractivity contribution in [3.05, 3.63) is 95.3 Å². The Morgan fingerprint density at radius 3 is 2.41 bits per heavy atom. The Kier molecular flexibility index (Phi) is 7.78. The number of ether oxygens (including phenoxy) is 1. The van der Waals surface area contributed by atoms with Gasteiger partial charge in [-0.1, -0.05) is 48.0 Å². The molecule has 0 radical (unpaired) electrons. The van der Waals surface area contributed by atoms with Crippen LogP contribution in [0.2, 0.25) is 0 Å². The van der Waals surface area contributed by atoms with Crippen LogP contribution >= 0.6 is 0 Å². The summed E-state index contributed by atoms with van der Waals surface area (Å²) >= 11 is 0. The van der Waals surface area contributed by atoms with Gasteiger partial charge in [0, 0.05) is 38.4 Å². The summed E-state index contributed by atoms with van der Waals surface area (Å²) in [5.41, 5.74) is 4.56. The second-order valence-electron chi connectivity index (χ2n) is 6.98. The molecule has 3 rings (SSSR count). The molecule has 3 aromatic rings. The zero-order valence-corrected chi connectivity index (χ0v) is 16.7. The van der Waals surface area contributed by atoms with Crippen molar-refractivity contribution in [2.45, 2.75) is 33.0 Å². The van der Waals surface area contributed by atoms with E-state index in [0.29, 0.717) is 32.7 Å². The molecule has 1 heterocycles. The topological polar surface area (TPSA) is 63.2 Å². The number of carbonyl (C=O) groups excluding carboxylic acids is 1. The van der Waals surface area contributed by atoms with Crippen LogP contribution in [0.1, 0.15) is 28.7 Å². The van der Waals surface area contributed by atoms with E-state index in [9.17, 15) is 4.79 Å². The third-order valence-corrected chi connectivity index (χ3v) is 4.52. The lowest BCUT2D eigenvalue weighted by atomic mass is 10.2. The largest absolute Gasteiger partial charge is 0.489 e. The van der Waals surface area contributed by atoms with Crippen molar-refractivity contribution < 1.29 is 9.53 Å². The number of rotatable bonds is 10. The Bertz CT molecular complexity index is 878. The molecule has 0 fully saturated rings. The fraction of sp³-hybridized carbons (Fsp3) is 0.250. The van der Waals surface area contributed by atoms with Crippen molar-refractivity contribution in [1.29, 1.82) is 0 Å². The average Bonchev–Trinajstić information content (AvgIpc) is 2.76. The lowest BCUT2D eigenvalue weighted by molar-refractivity contribution is -0.121. The lowest BCUT2D eigenvalue weighted by Crippen LogP contribution is -2.27. The Morgan fingerprint density at radius 1 is 0.931 bits per heavy atom. The molecule has 0 aliphatic heterocycles. The summed E-state index contributed by atoms with van der Waals surface area (Å²) in [6.45, 7) is 4.49. The highest BCUT2D eigenvalue weighted by molar-refractivity contribution is 5.76. The van der Waals surface area contributed by atoms with Crippen LogP contribution in [0.5, 0.6) is 5.75 Å². The van der Waals surface area contributed by atoms with Crippen LogP contribution in [0.15, 0.2) is 73.1 Å². The number of aromatic nitrogens is 1. The highest BCUT2D eigenvalue weighted by Gasteiger charge is 2.02. The number of pyridine rings is 1. The van der Waals surface area contributed by atoms with Gasteiger partial charge in [-0.05, 0) is 41.8 Å². The molecule has 0 unspecified atom stereocenters. The molecule has 2 N–H and O–H groups in total. The van der Waals surface area contributed by atoms with E-state index >= 15 is 0 Å². The Hall–Kier alpha value is -3.18. The first kappa shape index (κ1) is 20.6. The normalized spacial score (nSPS) is 10.5. The van der Waals surface area contributed by atoms with Gasteiger partial charge in [-0.2, -0.15) is 0 Å².